The third kappa shape index (κ3) is 14.7. The van der Waals surface area contributed by atoms with Crippen molar-refractivity contribution in [3.63, 3.8) is 0 Å². The van der Waals surface area contributed by atoms with Gasteiger partial charge in [0, 0.05) is 76.8 Å². The van der Waals surface area contributed by atoms with E-state index in [1.807, 2.05) is 133 Å². The number of rotatable bonds is 12. The molecule has 6 heterocycles. The summed E-state index contributed by atoms with van der Waals surface area (Å²) in [6.45, 7) is 0. The summed E-state index contributed by atoms with van der Waals surface area (Å²) in [5.41, 5.74) is 20.2. The monoisotopic (exact) mass is 1680 g/mol. The fourth-order valence-electron chi connectivity index (χ4n) is 18.0. The molecule has 12 heteroatoms. The van der Waals surface area contributed by atoms with Crippen LogP contribution in [-0.4, -0.2) is 44.9 Å². The number of fused-ring (bicyclic) bond motifs is 14. The number of furan rings is 3. The van der Waals surface area contributed by atoms with Gasteiger partial charge in [0.2, 0.25) is 0 Å². The van der Waals surface area contributed by atoms with Gasteiger partial charge in [-0.1, -0.05) is 376 Å². The molecule has 0 saturated carbocycles. The molecule has 12 nitrogen and oxygen atoms in total. The molecule has 6 aromatic heterocycles. The minimum absolute atomic E-state index is 0.581. The molecule has 0 aliphatic rings. The van der Waals surface area contributed by atoms with Gasteiger partial charge in [-0.15, -0.1) is 0 Å². The van der Waals surface area contributed by atoms with Crippen molar-refractivity contribution in [3.05, 3.63) is 443 Å². The van der Waals surface area contributed by atoms with Crippen molar-refractivity contribution in [2.24, 2.45) is 0 Å². The van der Waals surface area contributed by atoms with Gasteiger partial charge in [0.25, 0.3) is 0 Å². The van der Waals surface area contributed by atoms with Gasteiger partial charge in [-0.05, 0) is 154 Å². The van der Waals surface area contributed by atoms with E-state index >= 15 is 0 Å². The highest BCUT2D eigenvalue weighted by atomic mass is 16.3. The summed E-state index contributed by atoms with van der Waals surface area (Å²) in [5, 5.41) is 18.2. The quantitative estimate of drug-likeness (QED) is 0.114. The van der Waals surface area contributed by atoms with Gasteiger partial charge < -0.3 is 13.3 Å². The molecule has 0 fully saturated rings. The van der Waals surface area contributed by atoms with E-state index in [0.717, 1.165) is 160 Å². The van der Waals surface area contributed by atoms with Crippen molar-refractivity contribution >= 4 is 120 Å². The highest BCUT2D eigenvalue weighted by Crippen LogP contribution is 2.43. The Bertz CT molecular complexity index is 8840. The molecule has 0 atom stereocenters. The molecular weight excluding hydrogens is 1600 g/mol. The molecule has 0 spiro atoms. The number of hydrogen-bond acceptors (Lipinski definition) is 12. The zero-order valence-electron chi connectivity index (χ0n) is 70.4. The van der Waals surface area contributed by atoms with E-state index in [1.54, 1.807) is 0 Å². The molecule has 0 aliphatic heterocycles. The first-order valence-electron chi connectivity index (χ1n) is 43.7. The number of hydrogen-bond donors (Lipinski definition) is 0. The number of aromatic nitrogens is 9. The fourth-order valence-corrected chi connectivity index (χ4v) is 18.0. The van der Waals surface area contributed by atoms with Gasteiger partial charge in [-0.2, -0.15) is 0 Å². The molecule has 612 valence electrons. The van der Waals surface area contributed by atoms with Crippen LogP contribution in [0.2, 0.25) is 0 Å². The van der Waals surface area contributed by atoms with E-state index in [1.165, 1.54) is 43.4 Å². The lowest BCUT2D eigenvalue weighted by Crippen LogP contribution is -2.00. The molecular formula is C119H73N9O3. The lowest BCUT2D eigenvalue weighted by Gasteiger charge is -2.13. The van der Waals surface area contributed by atoms with Gasteiger partial charge in [-0.3, -0.25) is 0 Å². The second-order valence-electron chi connectivity index (χ2n) is 32.6. The van der Waals surface area contributed by atoms with E-state index in [9.17, 15) is 0 Å². The Morgan fingerprint density at radius 2 is 0.420 bits per heavy atom. The van der Waals surface area contributed by atoms with E-state index in [-0.39, 0.29) is 0 Å². The molecule has 26 rings (SSSR count). The number of nitrogens with zero attached hydrogens (tertiary/aromatic N) is 9. The van der Waals surface area contributed by atoms with E-state index in [2.05, 4.69) is 309 Å². The van der Waals surface area contributed by atoms with Crippen molar-refractivity contribution in [3.8, 4) is 136 Å². The Kier molecular flexibility index (Phi) is 19.3. The summed E-state index contributed by atoms with van der Waals surface area (Å²) < 4.78 is 18.7. The summed E-state index contributed by atoms with van der Waals surface area (Å²) >= 11 is 0. The molecule has 0 amide bonds. The van der Waals surface area contributed by atoms with Crippen molar-refractivity contribution < 1.29 is 13.3 Å². The van der Waals surface area contributed by atoms with Crippen LogP contribution in [0.3, 0.4) is 0 Å². The van der Waals surface area contributed by atoms with Crippen LogP contribution in [0.4, 0.5) is 0 Å². The Morgan fingerprint density at radius 1 is 0.130 bits per heavy atom. The van der Waals surface area contributed by atoms with Gasteiger partial charge in [0.05, 0.1) is 5.56 Å². The van der Waals surface area contributed by atoms with Gasteiger partial charge >= 0.3 is 0 Å². The maximum absolute atomic E-state index is 6.32. The molecule has 0 unspecified atom stereocenters. The van der Waals surface area contributed by atoms with Crippen LogP contribution in [0.15, 0.2) is 456 Å². The van der Waals surface area contributed by atoms with Crippen LogP contribution in [-0.2, 0) is 0 Å². The molecule has 131 heavy (non-hydrogen) atoms. The first kappa shape index (κ1) is 76.8. The fraction of sp³-hybridized carbons (Fsp3) is 0. The first-order valence-corrected chi connectivity index (χ1v) is 43.7. The molecule has 0 aliphatic carbocycles. The predicted octanol–water partition coefficient (Wildman–Crippen LogP) is 31.1. The standard InChI is InChI=1S/C45H27N3O.2C37H23N3O/c1-3-11-30-25-33(21-19-28(30)9-1)43-46-44(34-22-20-29-10-2-4-12-31(29)26-34)48-45(47-43)40-17-8-15-36-35(14-7-16-37(36)40)32-23-24-39-38-13-5-6-18-41(38)49-42(39)27-32;1-2-10-26(11-3-1)35-38-36(27-20-17-25(18-21-27)29-22-19-24-9-4-5-12-28(24)23-29)40-37(39-35)32-15-8-14-31-30-13-6-7-16-33(30)41-34(31)32;1-2-10-26(11-3-1)35-38-36(27-20-17-25(18-21-27)29-22-19-24-9-4-5-12-28(24)23-29)40-37(39-35)31-14-8-16-33-34(31)30-13-6-7-15-32(30)41-33/h1-27H;2*1-23H. The third-order valence-corrected chi connectivity index (χ3v) is 24.6. The average Bonchev–Trinajstić information content (AvgIpc) is 1.51. The minimum Gasteiger partial charge on any atom is -0.456 e. The molecule has 0 N–H and O–H groups in total. The second-order valence-corrected chi connectivity index (χ2v) is 32.6. The van der Waals surface area contributed by atoms with Gasteiger partial charge in [-0.25, -0.2) is 44.9 Å². The maximum atomic E-state index is 6.32. The molecule has 0 bridgehead atoms. The zero-order valence-corrected chi connectivity index (χ0v) is 70.4. The predicted molar refractivity (Wildman–Crippen MR) is 534 cm³/mol. The average molecular weight is 1680 g/mol. The Labute approximate surface area is 751 Å². The van der Waals surface area contributed by atoms with Crippen LogP contribution in [0.5, 0.6) is 0 Å². The highest BCUT2D eigenvalue weighted by Gasteiger charge is 2.23. The maximum Gasteiger partial charge on any atom is 0.167 e. The topological polar surface area (TPSA) is 155 Å². The summed E-state index contributed by atoms with van der Waals surface area (Å²) in [6, 6.07) is 152. The zero-order chi connectivity index (χ0) is 86.7. The van der Waals surface area contributed by atoms with Crippen LogP contribution in [0, 0.1) is 0 Å². The molecule has 0 radical (unpaired) electrons. The van der Waals surface area contributed by atoms with Crippen molar-refractivity contribution in [2.75, 3.05) is 0 Å². The van der Waals surface area contributed by atoms with Gasteiger partial charge in [0.1, 0.15) is 33.5 Å². The highest BCUT2D eigenvalue weighted by molar-refractivity contribution is 6.13. The minimum atomic E-state index is 0.581. The molecule has 0 saturated heterocycles. The summed E-state index contributed by atoms with van der Waals surface area (Å²) in [5.74, 6) is 5.62. The second kappa shape index (κ2) is 32.9. The van der Waals surface area contributed by atoms with E-state index in [0.29, 0.717) is 52.4 Å². The summed E-state index contributed by atoms with van der Waals surface area (Å²) in [4.78, 5) is 45.1. The lowest BCUT2D eigenvalue weighted by atomic mass is 9.94. The third-order valence-electron chi connectivity index (χ3n) is 24.6. The van der Waals surface area contributed by atoms with Crippen LogP contribution in [0.25, 0.3) is 256 Å². The molecule has 26 aromatic rings. The first-order chi connectivity index (χ1) is 64.8. The Balaban J connectivity index is 0.000000109. The largest absolute Gasteiger partial charge is 0.456 e. The van der Waals surface area contributed by atoms with Crippen molar-refractivity contribution in [2.45, 2.75) is 0 Å². The lowest BCUT2D eigenvalue weighted by molar-refractivity contribution is 0.668. The van der Waals surface area contributed by atoms with Gasteiger partial charge in [0.15, 0.2) is 52.4 Å². The van der Waals surface area contributed by atoms with Crippen molar-refractivity contribution in [1.82, 2.24) is 44.9 Å². The van der Waals surface area contributed by atoms with Crippen LogP contribution in [0.1, 0.15) is 0 Å². The number of benzene rings is 20. The van der Waals surface area contributed by atoms with Crippen LogP contribution < -0.4 is 0 Å². The SMILES string of the molecule is c1ccc(-c2nc(-c3ccc(-c4ccc5ccccc5c4)cc3)nc(-c3cccc4c3oc3ccccc34)n2)cc1.c1ccc(-c2nc(-c3ccc(-c4ccc5ccccc5c4)cc3)nc(-c3cccc4oc5ccccc5c34)n2)cc1.c1ccc2cc(-c3nc(-c4ccc5ccccc5c4)nc(-c4cccc5c(-c6ccc7c(c6)oc6ccccc67)cccc45)n3)ccc2c1. The van der Waals surface area contributed by atoms with Crippen LogP contribution >= 0.6 is 0 Å². The van der Waals surface area contributed by atoms with E-state index in [4.69, 9.17) is 58.1 Å². The normalized spacial score (nSPS) is 11.5. The Hall–Kier alpha value is -17.9. The van der Waals surface area contributed by atoms with Crippen molar-refractivity contribution in [1.29, 1.82) is 0 Å². The summed E-state index contributed by atoms with van der Waals surface area (Å²) in [6.07, 6.45) is 0. The number of para-hydroxylation sites is 4. The summed E-state index contributed by atoms with van der Waals surface area (Å²) in [7, 11) is 0. The molecule has 20 aromatic carbocycles. The Morgan fingerprint density at radius 3 is 0.924 bits per heavy atom. The van der Waals surface area contributed by atoms with E-state index < -0.39 is 0 Å². The smallest absolute Gasteiger partial charge is 0.167 e.